The highest BCUT2D eigenvalue weighted by Gasteiger charge is 2.29. The van der Waals surface area contributed by atoms with Crippen LogP contribution in [0.4, 0.5) is 10.7 Å². The van der Waals surface area contributed by atoms with E-state index in [4.69, 9.17) is 16.3 Å². The third-order valence-electron chi connectivity index (χ3n) is 4.63. The molecule has 1 atom stereocenters. The van der Waals surface area contributed by atoms with Gasteiger partial charge in [0.05, 0.1) is 27.7 Å². The van der Waals surface area contributed by atoms with Gasteiger partial charge in [-0.25, -0.2) is 4.79 Å². The monoisotopic (exact) mass is 422 g/mol. The summed E-state index contributed by atoms with van der Waals surface area (Å²) in [5, 5.41) is 14.0. The van der Waals surface area contributed by atoms with Crippen molar-refractivity contribution in [3.05, 3.63) is 54.9 Å². The number of carbonyl (C=O) groups excluding carboxylic acids is 2. The summed E-state index contributed by atoms with van der Waals surface area (Å²) in [5.74, 6) is -0.481. The molecule has 28 heavy (non-hydrogen) atoms. The number of nitrogens with zero attached hydrogens (tertiary/aromatic N) is 1. The van der Waals surface area contributed by atoms with Crippen LogP contribution in [0.15, 0.2) is 18.2 Å². The Balaban J connectivity index is 1.94. The van der Waals surface area contributed by atoms with Crippen molar-refractivity contribution in [2.75, 3.05) is 11.9 Å². The van der Waals surface area contributed by atoms with Crippen molar-refractivity contribution in [2.24, 2.45) is 5.92 Å². The number of fused-ring (bicyclic) bond motifs is 1. The maximum atomic E-state index is 12.7. The Kier molecular flexibility index (Phi) is 6.00. The van der Waals surface area contributed by atoms with E-state index in [-0.39, 0.29) is 22.9 Å². The highest BCUT2D eigenvalue weighted by Crippen LogP contribution is 2.40. The summed E-state index contributed by atoms with van der Waals surface area (Å²) in [4.78, 5) is 36.6. The summed E-state index contributed by atoms with van der Waals surface area (Å²) in [7, 11) is 0. The molecule has 1 aromatic heterocycles. The molecule has 0 aliphatic heterocycles. The summed E-state index contributed by atoms with van der Waals surface area (Å²) >= 11 is 7.43. The van der Waals surface area contributed by atoms with E-state index in [9.17, 15) is 19.7 Å². The van der Waals surface area contributed by atoms with Crippen LogP contribution in [0, 0.1) is 16.0 Å². The molecule has 148 valence electrons. The number of benzene rings is 1. The molecule has 1 amide bonds. The second kappa shape index (κ2) is 8.28. The Bertz CT molecular complexity index is 956. The number of esters is 1. The number of carbonyl (C=O) groups is 2. The fraction of sp³-hybridized carbons (Fsp3) is 0.368. The predicted molar refractivity (Wildman–Crippen MR) is 108 cm³/mol. The molecule has 2 aromatic rings. The van der Waals surface area contributed by atoms with E-state index in [2.05, 4.69) is 12.2 Å². The van der Waals surface area contributed by atoms with Crippen molar-refractivity contribution in [3.8, 4) is 0 Å². The topological polar surface area (TPSA) is 98.5 Å². The number of amides is 1. The number of nitrogens with one attached hydrogen (secondary N) is 1. The number of hydrogen-bond acceptors (Lipinski definition) is 6. The van der Waals surface area contributed by atoms with E-state index < -0.39 is 16.8 Å². The van der Waals surface area contributed by atoms with Crippen molar-refractivity contribution < 1.29 is 19.2 Å². The van der Waals surface area contributed by atoms with E-state index in [1.165, 1.54) is 23.5 Å². The molecule has 0 bridgehead atoms. The lowest BCUT2D eigenvalue weighted by atomic mass is 9.88. The van der Waals surface area contributed by atoms with Crippen LogP contribution >= 0.6 is 22.9 Å². The highest BCUT2D eigenvalue weighted by molar-refractivity contribution is 7.17. The molecule has 1 N–H and O–H groups in total. The van der Waals surface area contributed by atoms with E-state index >= 15 is 0 Å². The first-order valence-electron chi connectivity index (χ1n) is 8.88. The molecule has 0 saturated heterocycles. The zero-order valence-electron chi connectivity index (χ0n) is 15.4. The van der Waals surface area contributed by atoms with E-state index in [1.54, 1.807) is 6.92 Å². The Morgan fingerprint density at radius 1 is 1.43 bits per heavy atom. The van der Waals surface area contributed by atoms with Gasteiger partial charge in [-0.3, -0.25) is 14.9 Å². The number of nitro benzene ring substituents is 1. The van der Waals surface area contributed by atoms with Gasteiger partial charge in [0.2, 0.25) is 0 Å². The van der Waals surface area contributed by atoms with Crippen LogP contribution < -0.4 is 5.32 Å². The van der Waals surface area contributed by atoms with E-state index in [0.717, 1.165) is 35.8 Å². The molecule has 9 heteroatoms. The minimum Gasteiger partial charge on any atom is -0.462 e. The maximum Gasteiger partial charge on any atom is 0.341 e. The van der Waals surface area contributed by atoms with Gasteiger partial charge in [-0.1, -0.05) is 18.5 Å². The lowest BCUT2D eigenvalue weighted by molar-refractivity contribution is -0.384. The van der Waals surface area contributed by atoms with Crippen molar-refractivity contribution in [1.29, 1.82) is 0 Å². The molecule has 0 unspecified atom stereocenters. The van der Waals surface area contributed by atoms with Crippen LogP contribution in [-0.2, 0) is 17.6 Å². The van der Waals surface area contributed by atoms with Crippen LogP contribution in [0.3, 0.4) is 0 Å². The van der Waals surface area contributed by atoms with Gasteiger partial charge >= 0.3 is 5.97 Å². The average Bonchev–Trinajstić information content (AvgIpc) is 2.98. The Labute approximate surface area is 170 Å². The van der Waals surface area contributed by atoms with Gasteiger partial charge in [0.25, 0.3) is 11.6 Å². The number of halogens is 1. The Morgan fingerprint density at radius 2 is 2.18 bits per heavy atom. The lowest BCUT2D eigenvalue weighted by Crippen LogP contribution is -2.17. The highest BCUT2D eigenvalue weighted by atomic mass is 35.5. The standard InChI is InChI=1S/C19H19ClN2O5S/c1-3-27-19(24)16-13-6-4-10(2)8-15(13)28-18(16)21-17(23)12-7-5-11(22(25)26)9-14(12)20/h5,7,9-10H,3-4,6,8H2,1-2H3,(H,21,23)/t10-/m1/s1. The number of non-ortho nitro benzene ring substituents is 1. The van der Waals surface area contributed by atoms with Gasteiger partial charge in [0.15, 0.2) is 0 Å². The molecule has 0 spiro atoms. The van der Waals surface area contributed by atoms with Crippen LogP contribution in [0.1, 0.15) is 51.4 Å². The smallest absolute Gasteiger partial charge is 0.341 e. The minimum atomic E-state index is -0.582. The second-order valence-electron chi connectivity index (χ2n) is 6.65. The lowest BCUT2D eigenvalue weighted by Gasteiger charge is -2.18. The van der Waals surface area contributed by atoms with Crippen molar-refractivity contribution in [2.45, 2.75) is 33.1 Å². The number of rotatable bonds is 5. The van der Waals surface area contributed by atoms with Crippen molar-refractivity contribution >= 4 is 45.5 Å². The fourth-order valence-electron chi connectivity index (χ4n) is 3.23. The first-order valence-corrected chi connectivity index (χ1v) is 10.1. The van der Waals surface area contributed by atoms with E-state index in [1.807, 2.05) is 0 Å². The van der Waals surface area contributed by atoms with Crippen LogP contribution in [-0.4, -0.2) is 23.4 Å². The molecular formula is C19H19ClN2O5S. The van der Waals surface area contributed by atoms with Crippen LogP contribution in [0.25, 0.3) is 0 Å². The normalized spacial score (nSPS) is 15.6. The molecular weight excluding hydrogens is 404 g/mol. The van der Waals surface area contributed by atoms with Gasteiger partial charge in [-0.2, -0.15) is 0 Å². The minimum absolute atomic E-state index is 0.0284. The number of nitro groups is 1. The molecule has 0 radical (unpaired) electrons. The van der Waals surface area contributed by atoms with Crippen molar-refractivity contribution in [1.82, 2.24) is 0 Å². The zero-order valence-corrected chi connectivity index (χ0v) is 17.0. The fourth-order valence-corrected chi connectivity index (χ4v) is 4.88. The number of hydrogen-bond donors (Lipinski definition) is 1. The maximum absolute atomic E-state index is 12.7. The van der Waals surface area contributed by atoms with Gasteiger partial charge in [-0.15, -0.1) is 11.3 Å². The van der Waals surface area contributed by atoms with Crippen LogP contribution in [0.5, 0.6) is 0 Å². The summed E-state index contributed by atoms with van der Waals surface area (Å²) in [5.41, 5.74) is 1.24. The molecule has 0 saturated carbocycles. The quantitative estimate of drug-likeness (QED) is 0.421. The van der Waals surface area contributed by atoms with Crippen molar-refractivity contribution in [3.63, 3.8) is 0 Å². The SMILES string of the molecule is CCOC(=O)c1c(NC(=O)c2ccc([N+](=O)[O-])cc2Cl)sc2c1CC[C@@H](C)C2. The molecule has 0 fully saturated rings. The molecule has 1 heterocycles. The van der Waals surface area contributed by atoms with Gasteiger partial charge in [0.1, 0.15) is 5.00 Å². The second-order valence-corrected chi connectivity index (χ2v) is 8.16. The average molecular weight is 423 g/mol. The first kappa shape index (κ1) is 20.3. The van der Waals surface area contributed by atoms with Gasteiger partial charge < -0.3 is 10.1 Å². The number of ether oxygens (including phenoxy) is 1. The van der Waals surface area contributed by atoms with Gasteiger partial charge in [-0.05, 0) is 43.7 Å². The van der Waals surface area contributed by atoms with Gasteiger partial charge in [0, 0.05) is 17.0 Å². The molecule has 1 aromatic carbocycles. The summed E-state index contributed by atoms with van der Waals surface area (Å²) in [6.07, 6.45) is 2.58. The third kappa shape index (κ3) is 4.02. The van der Waals surface area contributed by atoms with Crippen LogP contribution in [0.2, 0.25) is 5.02 Å². The molecule has 3 rings (SSSR count). The zero-order chi connectivity index (χ0) is 20.4. The first-order chi connectivity index (χ1) is 13.3. The molecule has 1 aliphatic carbocycles. The number of anilines is 1. The summed E-state index contributed by atoms with van der Waals surface area (Å²) < 4.78 is 5.19. The summed E-state index contributed by atoms with van der Waals surface area (Å²) in [6.45, 7) is 4.12. The Hall–Kier alpha value is -2.45. The summed E-state index contributed by atoms with van der Waals surface area (Å²) in [6, 6.07) is 3.65. The largest absolute Gasteiger partial charge is 0.462 e. The van der Waals surface area contributed by atoms with E-state index in [0.29, 0.717) is 16.5 Å². The Morgan fingerprint density at radius 3 is 2.82 bits per heavy atom. The molecule has 7 nitrogen and oxygen atoms in total. The third-order valence-corrected chi connectivity index (χ3v) is 6.11. The predicted octanol–water partition coefficient (Wildman–Crippen LogP) is 4.86. The number of thiophene rings is 1. The molecule has 1 aliphatic rings.